The van der Waals surface area contributed by atoms with Crippen LogP contribution in [0.3, 0.4) is 0 Å². The van der Waals surface area contributed by atoms with E-state index in [2.05, 4.69) is 17.4 Å². The van der Waals surface area contributed by atoms with Gasteiger partial charge in [-0.15, -0.1) is 0 Å². The Bertz CT molecular complexity index is 345. The van der Waals surface area contributed by atoms with Crippen LogP contribution in [0.4, 0.5) is 0 Å². The summed E-state index contributed by atoms with van der Waals surface area (Å²) in [4.78, 5) is 0. The number of rotatable bonds is 2. The van der Waals surface area contributed by atoms with E-state index in [1.807, 2.05) is 25.2 Å². The average molecular weight is 161 g/mol. The van der Waals surface area contributed by atoms with Crippen molar-refractivity contribution < 1.29 is 4.42 Å². The average Bonchev–Trinajstić information content (AvgIpc) is 2.47. The van der Waals surface area contributed by atoms with Crippen LogP contribution in [0.15, 0.2) is 34.7 Å². The van der Waals surface area contributed by atoms with Gasteiger partial charge in [0.2, 0.25) is 0 Å². The Morgan fingerprint density at radius 1 is 1.33 bits per heavy atom. The van der Waals surface area contributed by atoms with Crippen molar-refractivity contribution in [3.63, 3.8) is 0 Å². The third-order valence-corrected chi connectivity index (χ3v) is 1.83. The molecule has 1 aromatic carbocycles. The van der Waals surface area contributed by atoms with Crippen molar-refractivity contribution in [1.82, 2.24) is 5.32 Å². The molecule has 62 valence electrons. The summed E-state index contributed by atoms with van der Waals surface area (Å²) < 4.78 is 5.55. The minimum atomic E-state index is 0.786. The predicted molar refractivity (Wildman–Crippen MR) is 49.0 cm³/mol. The fourth-order valence-electron chi connectivity index (χ4n) is 1.30. The van der Waals surface area contributed by atoms with Gasteiger partial charge in [-0.3, -0.25) is 0 Å². The topological polar surface area (TPSA) is 25.2 Å². The summed E-state index contributed by atoms with van der Waals surface area (Å²) >= 11 is 0. The van der Waals surface area contributed by atoms with Crippen LogP contribution < -0.4 is 5.32 Å². The molecule has 2 heteroatoms. The van der Waals surface area contributed by atoms with Crippen LogP contribution in [-0.2, 0) is 6.54 Å². The lowest BCUT2D eigenvalue weighted by Gasteiger charge is -1.90. The van der Waals surface area contributed by atoms with Gasteiger partial charge in [-0.25, -0.2) is 0 Å². The zero-order valence-corrected chi connectivity index (χ0v) is 7.00. The SMILES string of the molecule is CNCc1cc2ccccc2o1. The van der Waals surface area contributed by atoms with Crippen LogP contribution in [0.25, 0.3) is 11.0 Å². The van der Waals surface area contributed by atoms with Crippen LogP contribution >= 0.6 is 0 Å². The monoisotopic (exact) mass is 161 g/mol. The van der Waals surface area contributed by atoms with E-state index in [1.54, 1.807) is 0 Å². The molecule has 0 bridgehead atoms. The molecule has 0 aliphatic carbocycles. The molecule has 2 aromatic rings. The highest BCUT2D eigenvalue weighted by molar-refractivity contribution is 5.77. The second kappa shape index (κ2) is 2.99. The molecule has 1 aromatic heterocycles. The van der Waals surface area contributed by atoms with Gasteiger partial charge in [-0.05, 0) is 19.2 Å². The summed E-state index contributed by atoms with van der Waals surface area (Å²) in [5.41, 5.74) is 0.961. The zero-order chi connectivity index (χ0) is 8.39. The molecule has 1 N–H and O–H groups in total. The summed E-state index contributed by atoms with van der Waals surface area (Å²) in [7, 11) is 1.91. The van der Waals surface area contributed by atoms with Crippen LogP contribution in [0.5, 0.6) is 0 Å². The summed E-state index contributed by atoms with van der Waals surface area (Å²) in [5.74, 6) is 0.985. The molecule has 0 radical (unpaired) electrons. The molecule has 0 fully saturated rings. The molecule has 0 saturated carbocycles. The van der Waals surface area contributed by atoms with Crippen LogP contribution in [-0.4, -0.2) is 7.05 Å². The summed E-state index contributed by atoms with van der Waals surface area (Å²) in [6.45, 7) is 0.786. The molecular weight excluding hydrogens is 150 g/mol. The van der Waals surface area contributed by atoms with Gasteiger partial charge in [-0.2, -0.15) is 0 Å². The number of hydrogen-bond acceptors (Lipinski definition) is 2. The van der Waals surface area contributed by atoms with E-state index in [-0.39, 0.29) is 0 Å². The first-order valence-corrected chi connectivity index (χ1v) is 4.02. The quantitative estimate of drug-likeness (QED) is 0.730. The van der Waals surface area contributed by atoms with Crippen molar-refractivity contribution in [1.29, 1.82) is 0 Å². The maximum absolute atomic E-state index is 5.55. The van der Waals surface area contributed by atoms with Gasteiger partial charge in [-0.1, -0.05) is 18.2 Å². The molecule has 0 aliphatic rings. The zero-order valence-electron chi connectivity index (χ0n) is 7.00. The molecule has 1 heterocycles. The van der Waals surface area contributed by atoms with Crippen molar-refractivity contribution in [2.45, 2.75) is 6.54 Å². The van der Waals surface area contributed by atoms with Gasteiger partial charge < -0.3 is 9.73 Å². The minimum Gasteiger partial charge on any atom is -0.460 e. The minimum absolute atomic E-state index is 0.786. The Morgan fingerprint density at radius 2 is 2.17 bits per heavy atom. The molecule has 0 atom stereocenters. The number of nitrogens with one attached hydrogen (secondary N) is 1. The van der Waals surface area contributed by atoms with Crippen molar-refractivity contribution in [2.75, 3.05) is 7.05 Å². The van der Waals surface area contributed by atoms with Gasteiger partial charge in [0.1, 0.15) is 11.3 Å². The first-order valence-electron chi connectivity index (χ1n) is 4.02. The third-order valence-electron chi connectivity index (χ3n) is 1.83. The first-order chi connectivity index (χ1) is 5.90. The first kappa shape index (κ1) is 7.37. The van der Waals surface area contributed by atoms with Gasteiger partial charge >= 0.3 is 0 Å². The summed E-state index contributed by atoms with van der Waals surface area (Å²) in [6, 6.07) is 10.1. The van der Waals surface area contributed by atoms with Crippen LogP contribution in [0.1, 0.15) is 5.76 Å². The number of hydrogen-bond donors (Lipinski definition) is 1. The van der Waals surface area contributed by atoms with E-state index in [1.165, 1.54) is 5.39 Å². The standard InChI is InChI=1S/C10H11NO/c1-11-7-9-6-8-4-2-3-5-10(8)12-9/h2-6,11H,7H2,1H3. The number of furan rings is 1. The van der Waals surface area contributed by atoms with Gasteiger partial charge in [0, 0.05) is 5.39 Å². The fraction of sp³-hybridized carbons (Fsp3) is 0.200. The summed E-state index contributed by atoms with van der Waals surface area (Å²) in [5, 5.41) is 4.22. The van der Waals surface area contributed by atoms with Crippen LogP contribution in [0.2, 0.25) is 0 Å². The van der Waals surface area contributed by atoms with E-state index in [0.29, 0.717) is 0 Å². The third kappa shape index (κ3) is 1.21. The van der Waals surface area contributed by atoms with E-state index in [0.717, 1.165) is 17.9 Å². The molecule has 2 nitrogen and oxygen atoms in total. The van der Waals surface area contributed by atoms with E-state index >= 15 is 0 Å². The second-order valence-corrected chi connectivity index (χ2v) is 2.78. The molecule has 2 rings (SSSR count). The van der Waals surface area contributed by atoms with Crippen molar-refractivity contribution in [3.05, 3.63) is 36.1 Å². The normalized spacial score (nSPS) is 10.8. The Kier molecular flexibility index (Phi) is 1.84. The van der Waals surface area contributed by atoms with Crippen molar-refractivity contribution in [3.8, 4) is 0 Å². The maximum Gasteiger partial charge on any atom is 0.134 e. The molecular formula is C10H11NO. The van der Waals surface area contributed by atoms with Gasteiger partial charge in [0.25, 0.3) is 0 Å². The Labute approximate surface area is 71.2 Å². The van der Waals surface area contributed by atoms with Crippen molar-refractivity contribution >= 4 is 11.0 Å². The molecule has 0 aliphatic heterocycles. The summed E-state index contributed by atoms with van der Waals surface area (Å²) in [6.07, 6.45) is 0. The van der Waals surface area contributed by atoms with Gasteiger partial charge in [0.05, 0.1) is 6.54 Å². The van der Waals surface area contributed by atoms with E-state index < -0.39 is 0 Å². The Hall–Kier alpha value is -1.28. The largest absolute Gasteiger partial charge is 0.460 e. The molecule has 12 heavy (non-hydrogen) atoms. The Balaban J connectivity index is 2.47. The second-order valence-electron chi connectivity index (χ2n) is 2.78. The van der Waals surface area contributed by atoms with E-state index in [4.69, 9.17) is 4.42 Å². The highest BCUT2D eigenvalue weighted by atomic mass is 16.3. The smallest absolute Gasteiger partial charge is 0.134 e. The van der Waals surface area contributed by atoms with E-state index in [9.17, 15) is 0 Å². The van der Waals surface area contributed by atoms with Crippen LogP contribution in [0, 0.1) is 0 Å². The molecule has 0 saturated heterocycles. The Morgan fingerprint density at radius 3 is 2.92 bits per heavy atom. The lowest BCUT2D eigenvalue weighted by atomic mass is 10.2. The fourth-order valence-corrected chi connectivity index (χ4v) is 1.30. The number of para-hydroxylation sites is 1. The van der Waals surface area contributed by atoms with Crippen molar-refractivity contribution in [2.24, 2.45) is 0 Å². The highest BCUT2D eigenvalue weighted by Gasteiger charge is 1.99. The lowest BCUT2D eigenvalue weighted by Crippen LogP contribution is -2.03. The highest BCUT2D eigenvalue weighted by Crippen LogP contribution is 2.18. The molecule has 0 amide bonds. The number of fused-ring (bicyclic) bond motifs is 1. The predicted octanol–water partition coefficient (Wildman–Crippen LogP) is 2.15. The van der Waals surface area contributed by atoms with Gasteiger partial charge in [0.15, 0.2) is 0 Å². The maximum atomic E-state index is 5.55. The molecule has 0 unspecified atom stereocenters. The molecule has 0 spiro atoms. The lowest BCUT2D eigenvalue weighted by molar-refractivity contribution is 0.531. The number of benzene rings is 1.